The van der Waals surface area contributed by atoms with E-state index in [1.165, 1.54) is 0 Å². The second-order valence-electron chi connectivity index (χ2n) is 3.91. The van der Waals surface area contributed by atoms with Crippen LogP contribution in [0.15, 0.2) is 16.7 Å². The number of hydrogen-bond donors (Lipinski definition) is 0. The number of pyridine rings is 1. The first-order valence-corrected chi connectivity index (χ1v) is 6.47. The molecule has 0 spiro atoms. The summed E-state index contributed by atoms with van der Waals surface area (Å²) < 4.78 is 6.29. The van der Waals surface area contributed by atoms with Crippen molar-refractivity contribution in [3.63, 3.8) is 0 Å². The highest BCUT2D eigenvalue weighted by Gasteiger charge is 2.21. The molecule has 0 saturated carbocycles. The first-order valence-electron chi connectivity index (χ1n) is 5.30. The average molecular weight is 306 g/mol. The number of nitrogens with zero attached hydrogens (tertiary/aromatic N) is 2. The molecule has 1 aliphatic heterocycles. The highest BCUT2D eigenvalue weighted by molar-refractivity contribution is 9.10. The zero-order chi connectivity index (χ0) is 11.5. The Hall–Kier alpha value is -0.320. The summed E-state index contributed by atoms with van der Waals surface area (Å²) in [6.07, 6.45) is 3.78. The number of hydrogen-bond acceptors (Lipinski definition) is 3. The molecule has 16 heavy (non-hydrogen) atoms. The Kier molecular flexibility index (Phi) is 4.05. The van der Waals surface area contributed by atoms with Crippen LogP contribution in [0, 0.1) is 0 Å². The summed E-state index contributed by atoms with van der Waals surface area (Å²) >= 11 is 9.37. The van der Waals surface area contributed by atoms with E-state index in [0.717, 1.165) is 36.3 Å². The van der Waals surface area contributed by atoms with Gasteiger partial charge in [-0.25, -0.2) is 4.98 Å². The van der Waals surface area contributed by atoms with Crippen LogP contribution < -0.4 is 4.90 Å². The highest BCUT2D eigenvalue weighted by atomic mass is 79.9. The van der Waals surface area contributed by atoms with E-state index in [4.69, 9.17) is 16.3 Å². The Morgan fingerprint density at radius 1 is 1.50 bits per heavy atom. The van der Waals surface area contributed by atoms with Gasteiger partial charge in [0, 0.05) is 32.5 Å². The van der Waals surface area contributed by atoms with E-state index in [2.05, 4.69) is 32.9 Å². The number of halogens is 2. The molecule has 3 nitrogen and oxygen atoms in total. The lowest BCUT2D eigenvalue weighted by Crippen LogP contribution is -2.37. The maximum absolute atomic E-state index is 5.88. The molecule has 1 aromatic heterocycles. The van der Waals surface area contributed by atoms with Crippen LogP contribution in [-0.2, 0) is 4.74 Å². The van der Waals surface area contributed by atoms with Gasteiger partial charge in [0.25, 0.3) is 0 Å². The molecule has 5 heteroatoms. The van der Waals surface area contributed by atoms with E-state index in [0.29, 0.717) is 11.1 Å². The van der Waals surface area contributed by atoms with Crippen molar-refractivity contribution < 1.29 is 4.74 Å². The summed E-state index contributed by atoms with van der Waals surface area (Å²) in [5, 5.41) is 0.649. The molecule has 0 aromatic carbocycles. The molecule has 0 amide bonds. The number of anilines is 1. The predicted molar refractivity (Wildman–Crippen MR) is 69.2 cm³/mol. The molecule has 2 heterocycles. The third-order valence-corrected chi connectivity index (χ3v) is 3.65. The van der Waals surface area contributed by atoms with Crippen LogP contribution >= 0.6 is 27.5 Å². The Morgan fingerprint density at radius 2 is 2.19 bits per heavy atom. The minimum atomic E-state index is 0.499. The quantitative estimate of drug-likeness (QED) is 0.839. The minimum Gasteiger partial charge on any atom is -0.381 e. The van der Waals surface area contributed by atoms with Crippen molar-refractivity contribution in [2.75, 3.05) is 25.2 Å². The molecule has 1 aliphatic rings. The summed E-state index contributed by atoms with van der Waals surface area (Å²) in [6.45, 7) is 1.67. The molecule has 1 fully saturated rings. The highest BCUT2D eigenvalue weighted by Crippen LogP contribution is 2.28. The van der Waals surface area contributed by atoms with Crippen LogP contribution in [0.5, 0.6) is 0 Å². The molecule has 1 saturated heterocycles. The van der Waals surface area contributed by atoms with Gasteiger partial charge in [0.15, 0.2) is 0 Å². The number of rotatable bonds is 2. The lowest BCUT2D eigenvalue weighted by molar-refractivity contribution is 0.0853. The molecule has 2 rings (SSSR count). The molecule has 1 aromatic rings. The third kappa shape index (κ3) is 2.67. The Labute approximate surface area is 109 Å². The average Bonchev–Trinajstić information content (AvgIpc) is 2.29. The van der Waals surface area contributed by atoms with Gasteiger partial charge in [-0.15, -0.1) is 0 Å². The number of aromatic nitrogens is 1. The fourth-order valence-electron chi connectivity index (χ4n) is 1.91. The SMILES string of the molecule is CN(c1ncc(Cl)cc1Br)C1CCOCC1. The largest absolute Gasteiger partial charge is 0.381 e. The summed E-state index contributed by atoms with van der Waals surface area (Å²) in [7, 11) is 2.07. The minimum absolute atomic E-state index is 0.499. The van der Waals surface area contributed by atoms with Gasteiger partial charge in [-0.1, -0.05) is 11.6 Å². The first kappa shape index (κ1) is 12.1. The van der Waals surface area contributed by atoms with Crippen LogP contribution in [0.3, 0.4) is 0 Å². The van der Waals surface area contributed by atoms with Crippen molar-refractivity contribution >= 4 is 33.3 Å². The molecular weight excluding hydrogens is 291 g/mol. The summed E-state index contributed by atoms with van der Waals surface area (Å²) in [6, 6.07) is 2.37. The monoisotopic (exact) mass is 304 g/mol. The smallest absolute Gasteiger partial charge is 0.142 e. The molecule has 0 atom stereocenters. The zero-order valence-electron chi connectivity index (χ0n) is 9.12. The predicted octanol–water partition coefficient (Wildman–Crippen LogP) is 3.11. The molecule has 0 N–H and O–H groups in total. The van der Waals surface area contributed by atoms with Gasteiger partial charge < -0.3 is 9.64 Å². The van der Waals surface area contributed by atoms with Crippen LogP contribution in [0.2, 0.25) is 5.02 Å². The topological polar surface area (TPSA) is 25.4 Å². The van der Waals surface area contributed by atoms with E-state index in [-0.39, 0.29) is 0 Å². The maximum atomic E-state index is 5.88. The Bertz CT molecular complexity index is 369. The van der Waals surface area contributed by atoms with Crippen molar-refractivity contribution in [1.29, 1.82) is 0 Å². The lowest BCUT2D eigenvalue weighted by Gasteiger charge is -2.32. The van der Waals surface area contributed by atoms with Crippen LogP contribution in [0.1, 0.15) is 12.8 Å². The lowest BCUT2D eigenvalue weighted by atomic mass is 10.1. The van der Waals surface area contributed by atoms with Gasteiger partial charge >= 0.3 is 0 Å². The summed E-state index contributed by atoms with van der Waals surface area (Å²) in [5.41, 5.74) is 0. The van der Waals surface area contributed by atoms with Gasteiger partial charge in [-0.2, -0.15) is 0 Å². The summed E-state index contributed by atoms with van der Waals surface area (Å²) in [4.78, 5) is 6.56. The van der Waals surface area contributed by atoms with Gasteiger partial charge in [-0.05, 0) is 34.8 Å². The van der Waals surface area contributed by atoms with Crippen LogP contribution in [0.4, 0.5) is 5.82 Å². The molecule has 0 aliphatic carbocycles. The van der Waals surface area contributed by atoms with Crippen LogP contribution in [-0.4, -0.2) is 31.3 Å². The molecule has 88 valence electrons. The van der Waals surface area contributed by atoms with Crippen LogP contribution in [0.25, 0.3) is 0 Å². The van der Waals surface area contributed by atoms with Crippen molar-refractivity contribution in [3.8, 4) is 0 Å². The summed E-state index contributed by atoms with van der Waals surface area (Å²) in [5.74, 6) is 0.941. The number of ether oxygens (including phenoxy) is 1. The second kappa shape index (κ2) is 5.34. The molecule has 0 radical (unpaired) electrons. The van der Waals surface area contributed by atoms with E-state index in [1.807, 2.05) is 6.07 Å². The fourth-order valence-corrected chi connectivity index (χ4v) is 2.83. The zero-order valence-corrected chi connectivity index (χ0v) is 11.5. The van der Waals surface area contributed by atoms with Gasteiger partial charge in [0.05, 0.1) is 9.50 Å². The van der Waals surface area contributed by atoms with E-state index in [9.17, 15) is 0 Å². The molecule has 0 bridgehead atoms. The molecular formula is C11H14BrClN2O. The molecule has 0 unspecified atom stereocenters. The van der Waals surface area contributed by atoms with Gasteiger partial charge in [-0.3, -0.25) is 0 Å². The van der Waals surface area contributed by atoms with E-state index in [1.54, 1.807) is 6.20 Å². The first-order chi connectivity index (χ1) is 7.68. The van der Waals surface area contributed by atoms with Gasteiger partial charge in [0.2, 0.25) is 0 Å². The van der Waals surface area contributed by atoms with Crippen molar-refractivity contribution in [1.82, 2.24) is 4.98 Å². The second-order valence-corrected chi connectivity index (χ2v) is 5.20. The normalized spacial score (nSPS) is 17.4. The van der Waals surface area contributed by atoms with Crippen molar-refractivity contribution in [2.45, 2.75) is 18.9 Å². The van der Waals surface area contributed by atoms with Crippen molar-refractivity contribution in [3.05, 3.63) is 21.8 Å². The standard InChI is InChI=1S/C11H14BrClN2O/c1-15(9-2-4-16-5-3-9)11-10(12)6-8(13)7-14-11/h6-7,9H,2-5H2,1H3. The fraction of sp³-hybridized carbons (Fsp3) is 0.545. The van der Waals surface area contributed by atoms with Crippen molar-refractivity contribution in [2.24, 2.45) is 0 Å². The van der Waals surface area contributed by atoms with Gasteiger partial charge in [0.1, 0.15) is 5.82 Å². The maximum Gasteiger partial charge on any atom is 0.142 e. The van der Waals surface area contributed by atoms with E-state index >= 15 is 0 Å². The Morgan fingerprint density at radius 3 is 2.81 bits per heavy atom. The third-order valence-electron chi connectivity index (χ3n) is 2.86. The Balaban J connectivity index is 2.15. The van der Waals surface area contributed by atoms with E-state index < -0.39 is 0 Å².